The number of carbonyl (C=O) groups excluding carboxylic acids is 2. The number of ether oxygens (including phenoxy) is 1. The lowest BCUT2D eigenvalue weighted by Gasteiger charge is -2.23. The number of aromatic nitrogens is 1. The van der Waals surface area contributed by atoms with Gasteiger partial charge >= 0.3 is 5.97 Å². The molecule has 2 aliphatic rings. The van der Waals surface area contributed by atoms with Gasteiger partial charge in [0.2, 0.25) is 0 Å². The van der Waals surface area contributed by atoms with Crippen LogP contribution in [0, 0.1) is 5.41 Å². The molecule has 1 amide bonds. The number of fused-ring (bicyclic) bond motifs is 2. The van der Waals surface area contributed by atoms with Gasteiger partial charge < -0.3 is 4.74 Å². The molecule has 4 rings (SSSR count). The molecule has 1 aliphatic heterocycles. The highest BCUT2D eigenvalue weighted by Gasteiger charge is 2.56. The van der Waals surface area contributed by atoms with Gasteiger partial charge in [0.25, 0.3) is 5.91 Å². The average Bonchev–Trinajstić information content (AvgIpc) is 3.07. The zero-order valence-corrected chi connectivity index (χ0v) is 13.9. The third-order valence-corrected chi connectivity index (χ3v) is 4.70. The number of hydrogen-bond donors (Lipinski definition) is 0. The van der Waals surface area contributed by atoms with Gasteiger partial charge in [0.15, 0.2) is 5.41 Å². The fourth-order valence-corrected chi connectivity index (χ4v) is 3.48. The summed E-state index contributed by atoms with van der Waals surface area (Å²) >= 11 is 0. The van der Waals surface area contributed by atoms with E-state index in [2.05, 4.69) is 0 Å². The molecule has 0 saturated carbocycles. The van der Waals surface area contributed by atoms with Gasteiger partial charge in [-0.15, -0.1) is 0 Å². The van der Waals surface area contributed by atoms with Crippen LogP contribution >= 0.6 is 0 Å². The maximum Gasteiger partial charge on any atom is 0.330 e. The Morgan fingerprint density at radius 2 is 2.04 bits per heavy atom. The van der Waals surface area contributed by atoms with E-state index in [1.807, 2.05) is 59.4 Å². The van der Waals surface area contributed by atoms with E-state index in [-0.39, 0.29) is 12.5 Å². The molecule has 1 aromatic heterocycles. The van der Waals surface area contributed by atoms with Crippen LogP contribution in [0.25, 0.3) is 10.9 Å². The third-order valence-electron chi connectivity index (χ3n) is 4.70. The number of rotatable bonds is 3. The second-order valence-corrected chi connectivity index (χ2v) is 6.05. The van der Waals surface area contributed by atoms with Gasteiger partial charge in [0.1, 0.15) is 0 Å². The lowest BCUT2D eigenvalue weighted by Crippen LogP contribution is -2.44. The predicted molar refractivity (Wildman–Crippen MR) is 95.5 cm³/mol. The molecule has 0 N–H and O–H groups in total. The Morgan fingerprint density at radius 1 is 1.20 bits per heavy atom. The summed E-state index contributed by atoms with van der Waals surface area (Å²) in [6, 6.07) is 9.79. The summed E-state index contributed by atoms with van der Waals surface area (Å²) in [5, 5.41) is 2.64. The second-order valence-electron chi connectivity index (χ2n) is 6.05. The zero-order valence-electron chi connectivity index (χ0n) is 13.9. The van der Waals surface area contributed by atoms with Crippen molar-refractivity contribution in [1.29, 1.82) is 0 Å². The molecule has 0 spiro atoms. The molecule has 1 fully saturated rings. The number of hydrogen-bond acceptors (Lipinski definition) is 3. The van der Waals surface area contributed by atoms with Gasteiger partial charge in [-0.25, -0.2) is 5.01 Å². The van der Waals surface area contributed by atoms with Gasteiger partial charge in [-0.3, -0.25) is 14.3 Å². The van der Waals surface area contributed by atoms with Crippen LogP contribution in [0.1, 0.15) is 6.92 Å². The summed E-state index contributed by atoms with van der Waals surface area (Å²) in [4.78, 5) is 26.1. The van der Waals surface area contributed by atoms with Crippen LogP contribution < -0.4 is 5.01 Å². The number of para-hydroxylation sites is 1. The minimum absolute atomic E-state index is 0.231. The quantitative estimate of drug-likeness (QED) is 0.641. The first-order valence-corrected chi connectivity index (χ1v) is 8.29. The highest BCUT2D eigenvalue weighted by molar-refractivity contribution is 6.15. The van der Waals surface area contributed by atoms with Crippen LogP contribution in [-0.2, 0) is 14.3 Å². The normalized spacial score (nSPS) is 22.0. The van der Waals surface area contributed by atoms with Crippen molar-refractivity contribution < 1.29 is 14.3 Å². The molecule has 5 nitrogen and oxygen atoms in total. The van der Waals surface area contributed by atoms with Crippen LogP contribution in [-0.4, -0.2) is 29.7 Å². The first-order valence-electron chi connectivity index (χ1n) is 8.29. The van der Waals surface area contributed by atoms with Crippen molar-refractivity contribution in [3.63, 3.8) is 0 Å². The number of esters is 1. The van der Waals surface area contributed by atoms with E-state index >= 15 is 0 Å². The van der Waals surface area contributed by atoms with Crippen molar-refractivity contribution in [1.82, 2.24) is 4.68 Å². The summed E-state index contributed by atoms with van der Waals surface area (Å²) in [6.07, 6.45) is 10.7. The van der Waals surface area contributed by atoms with E-state index in [1.54, 1.807) is 24.1 Å². The van der Waals surface area contributed by atoms with Gasteiger partial charge in [-0.2, -0.15) is 0 Å². The van der Waals surface area contributed by atoms with E-state index in [0.717, 1.165) is 16.5 Å². The predicted octanol–water partition coefficient (Wildman–Crippen LogP) is 2.72. The lowest BCUT2D eigenvalue weighted by atomic mass is 9.82. The standard InChI is InChI=1S/C20H18N2O3/c1-2-25-19(24)20-12-7-3-4-9-16(20)14-22(18(20)23)21-13-11-15-8-5-6-10-17(15)21/h3-13H,2,14H2,1H3. The van der Waals surface area contributed by atoms with Gasteiger partial charge in [-0.1, -0.05) is 48.6 Å². The molecule has 0 radical (unpaired) electrons. The maximum atomic E-state index is 13.4. The molecular formula is C20H18N2O3. The van der Waals surface area contributed by atoms with Crippen LogP contribution in [0.15, 0.2) is 72.5 Å². The van der Waals surface area contributed by atoms with Crippen molar-refractivity contribution in [3.05, 3.63) is 72.5 Å². The Labute approximate surface area is 145 Å². The molecule has 5 heteroatoms. The number of amides is 1. The first kappa shape index (κ1) is 15.4. The van der Waals surface area contributed by atoms with Gasteiger partial charge in [-0.05, 0) is 24.6 Å². The lowest BCUT2D eigenvalue weighted by molar-refractivity contribution is -0.153. The highest BCUT2D eigenvalue weighted by Crippen LogP contribution is 2.40. The average molecular weight is 334 g/mol. The summed E-state index contributed by atoms with van der Waals surface area (Å²) in [6.45, 7) is 2.31. The first-order chi connectivity index (χ1) is 12.2. The molecule has 2 heterocycles. The summed E-state index contributed by atoms with van der Waals surface area (Å²) in [7, 11) is 0. The van der Waals surface area contributed by atoms with Gasteiger partial charge in [0.05, 0.1) is 18.7 Å². The molecule has 1 aromatic carbocycles. The van der Waals surface area contributed by atoms with Crippen molar-refractivity contribution in [2.24, 2.45) is 5.41 Å². The number of benzene rings is 1. The van der Waals surface area contributed by atoms with E-state index in [4.69, 9.17) is 4.74 Å². The SMILES string of the molecule is CCOC(=O)C12C=CC=CC=C1CN(n1ccc3ccccc31)C2=O. The molecule has 1 atom stereocenters. The van der Waals surface area contributed by atoms with Crippen molar-refractivity contribution in [2.75, 3.05) is 18.2 Å². The number of carbonyl (C=O) groups is 2. The fourth-order valence-electron chi connectivity index (χ4n) is 3.48. The van der Waals surface area contributed by atoms with Crippen molar-refractivity contribution in [3.8, 4) is 0 Å². The largest absolute Gasteiger partial charge is 0.465 e. The Morgan fingerprint density at radius 3 is 2.88 bits per heavy atom. The minimum Gasteiger partial charge on any atom is -0.465 e. The number of nitrogens with zero attached hydrogens (tertiary/aromatic N) is 2. The summed E-state index contributed by atoms with van der Waals surface area (Å²) < 4.78 is 7.06. The fraction of sp³-hybridized carbons (Fsp3) is 0.200. The van der Waals surface area contributed by atoms with Gasteiger partial charge in [0, 0.05) is 11.6 Å². The zero-order chi connectivity index (χ0) is 17.4. The molecule has 0 bridgehead atoms. The van der Waals surface area contributed by atoms with E-state index < -0.39 is 11.4 Å². The molecule has 1 saturated heterocycles. The molecule has 126 valence electrons. The molecular weight excluding hydrogens is 316 g/mol. The second kappa shape index (κ2) is 5.77. The van der Waals surface area contributed by atoms with Crippen molar-refractivity contribution >= 4 is 22.8 Å². The smallest absolute Gasteiger partial charge is 0.330 e. The Bertz CT molecular complexity index is 951. The Kier molecular flexibility index (Phi) is 3.57. The molecule has 1 unspecified atom stereocenters. The van der Waals surface area contributed by atoms with Crippen LogP contribution in [0.4, 0.5) is 0 Å². The summed E-state index contributed by atoms with van der Waals surface area (Å²) in [5.74, 6) is -0.816. The highest BCUT2D eigenvalue weighted by atomic mass is 16.5. The molecule has 1 aliphatic carbocycles. The third kappa shape index (κ3) is 2.16. The Hall–Kier alpha value is -3.08. The van der Waals surface area contributed by atoms with Crippen LogP contribution in [0.3, 0.4) is 0 Å². The molecule has 25 heavy (non-hydrogen) atoms. The Balaban J connectivity index is 1.85. The van der Waals surface area contributed by atoms with Crippen molar-refractivity contribution in [2.45, 2.75) is 6.92 Å². The monoisotopic (exact) mass is 334 g/mol. The topological polar surface area (TPSA) is 51.5 Å². The minimum atomic E-state index is -1.38. The van der Waals surface area contributed by atoms with E-state index in [9.17, 15) is 9.59 Å². The van der Waals surface area contributed by atoms with Crippen LogP contribution in [0.5, 0.6) is 0 Å². The van der Waals surface area contributed by atoms with E-state index in [1.165, 1.54) is 0 Å². The van der Waals surface area contributed by atoms with E-state index in [0.29, 0.717) is 6.54 Å². The maximum absolute atomic E-state index is 13.4. The number of allylic oxidation sites excluding steroid dienone is 4. The molecule has 2 aromatic rings. The van der Waals surface area contributed by atoms with Crippen LogP contribution in [0.2, 0.25) is 0 Å². The summed E-state index contributed by atoms with van der Waals surface area (Å²) in [5.41, 5.74) is 0.260.